The number of amides is 2. The van der Waals surface area contributed by atoms with E-state index in [4.69, 9.17) is 5.11 Å². The first kappa shape index (κ1) is 20.5. The number of hydrogen-bond acceptors (Lipinski definition) is 4. The van der Waals surface area contributed by atoms with Crippen molar-refractivity contribution in [2.24, 2.45) is 0 Å². The Morgan fingerprint density at radius 2 is 1.74 bits per heavy atom. The van der Waals surface area contributed by atoms with Gasteiger partial charge in [0.15, 0.2) is 0 Å². The van der Waals surface area contributed by atoms with Crippen molar-refractivity contribution in [2.75, 3.05) is 24.7 Å². The summed E-state index contributed by atoms with van der Waals surface area (Å²) in [5, 5.41) is 11.6. The largest absolute Gasteiger partial charge is 0.481 e. The predicted octanol–water partition coefficient (Wildman–Crippen LogP) is 3.27. The standard InChI is InChI=1S/C20H22N2O4S/c1-14-7-9-15(10-8-14)21-18(23)13-27-17-6-4-3-5-16(17)20(26)22(2)12-11-19(24)25/h3-10H,11-13H2,1-2H3,(H,21,23)(H,24,25). The van der Waals surface area contributed by atoms with Gasteiger partial charge in [0.1, 0.15) is 0 Å². The third-order valence-corrected chi connectivity index (χ3v) is 4.89. The van der Waals surface area contributed by atoms with Crippen LogP contribution in [0.5, 0.6) is 0 Å². The number of nitrogens with one attached hydrogen (secondary N) is 1. The zero-order valence-electron chi connectivity index (χ0n) is 15.3. The van der Waals surface area contributed by atoms with Gasteiger partial charge in [0.2, 0.25) is 5.91 Å². The van der Waals surface area contributed by atoms with Crippen LogP contribution in [0, 0.1) is 6.92 Å². The van der Waals surface area contributed by atoms with Gasteiger partial charge in [0, 0.05) is 24.2 Å². The molecule has 2 aromatic rings. The molecule has 2 rings (SSSR count). The quantitative estimate of drug-likeness (QED) is 0.680. The minimum atomic E-state index is -0.954. The molecular weight excluding hydrogens is 364 g/mol. The van der Waals surface area contributed by atoms with Gasteiger partial charge < -0.3 is 15.3 Å². The van der Waals surface area contributed by atoms with E-state index in [0.717, 1.165) is 11.3 Å². The van der Waals surface area contributed by atoms with Crippen LogP contribution in [0.4, 0.5) is 5.69 Å². The molecule has 6 nitrogen and oxygen atoms in total. The van der Waals surface area contributed by atoms with Crippen molar-refractivity contribution in [2.45, 2.75) is 18.2 Å². The third kappa shape index (κ3) is 6.45. The zero-order valence-corrected chi connectivity index (χ0v) is 16.1. The van der Waals surface area contributed by atoms with Gasteiger partial charge in [-0.1, -0.05) is 29.8 Å². The number of carbonyl (C=O) groups excluding carboxylic acids is 2. The van der Waals surface area contributed by atoms with E-state index in [2.05, 4.69) is 5.32 Å². The number of anilines is 1. The molecule has 0 radical (unpaired) electrons. The zero-order chi connectivity index (χ0) is 19.8. The van der Waals surface area contributed by atoms with Crippen LogP contribution in [-0.2, 0) is 9.59 Å². The molecule has 0 atom stereocenters. The molecule has 142 valence electrons. The molecular formula is C20H22N2O4S. The first-order valence-electron chi connectivity index (χ1n) is 8.42. The smallest absolute Gasteiger partial charge is 0.305 e. The van der Waals surface area contributed by atoms with E-state index in [0.29, 0.717) is 10.5 Å². The third-order valence-electron chi connectivity index (χ3n) is 3.82. The molecule has 27 heavy (non-hydrogen) atoms. The van der Waals surface area contributed by atoms with E-state index in [1.165, 1.54) is 16.7 Å². The number of thioether (sulfide) groups is 1. The molecule has 0 aromatic heterocycles. The number of benzene rings is 2. The van der Waals surface area contributed by atoms with Gasteiger partial charge in [0.05, 0.1) is 17.7 Å². The van der Waals surface area contributed by atoms with Crippen LogP contribution in [0.2, 0.25) is 0 Å². The molecule has 2 aromatic carbocycles. The Hall–Kier alpha value is -2.80. The van der Waals surface area contributed by atoms with E-state index in [1.54, 1.807) is 31.3 Å². The number of hydrogen-bond donors (Lipinski definition) is 2. The van der Waals surface area contributed by atoms with Gasteiger partial charge in [-0.25, -0.2) is 0 Å². The summed E-state index contributed by atoms with van der Waals surface area (Å²) in [6.45, 7) is 2.10. The van der Waals surface area contributed by atoms with Crippen LogP contribution in [-0.4, -0.2) is 47.1 Å². The van der Waals surface area contributed by atoms with Crippen LogP contribution in [0.3, 0.4) is 0 Å². The van der Waals surface area contributed by atoms with Gasteiger partial charge in [-0.2, -0.15) is 0 Å². The van der Waals surface area contributed by atoms with Crippen molar-refractivity contribution >= 4 is 35.2 Å². The van der Waals surface area contributed by atoms with Gasteiger partial charge >= 0.3 is 5.97 Å². The second-order valence-corrected chi connectivity index (χ2v) is 7.09. The predicted molar refractivity (Wildman–Crippen MR) is 106 cm³/mol. The summed E-state index contributed by atoms with van der Waals surface area (Å²) < 4.78 is 0. The topological polar surface area (TPSA) is 86.7 Å². The summed E-state index contributed by atoms with van der Waals surface area (Å²) in [5.74, 6) is -1.22. The van der Waals surface area contributed by atoms with Crippen LogP contribution in [0.15, 0.2) is 53.4 Å². The lowest BCUT2D eigenvalue weighted by atomic mass is 10.2. The van der Waals surface area contributed by atoms with Crippen LogP contribution >= 0.6 is 11.8 Å². The minimum Gasteiger partial charge on any atom is -0.481 e. The normalized spacial score (nSPS) is 10.3. The highest BCUT2D eigenvalue weighted by Crippen LogP contribution is 2.24. The summed E-state index contributed by atoms with van der Waals surface area (Å²) in [4.78, 5) is 37.5. The number of aryl methyl sites for hydroxylation is 1. The highest BCUT2D eigenvalue weighted by molar-refractivity contribution is 8.00. The molecule has 7 heteroatoms. The van der Waals surface area contributed by atoms with Crippen LogP contribution < -0.4 is 5.32 Å². The molecule has 0 fully saturated rings. The average molecular weight is 386 g/mol. The van der Waals surface area contributed by atoms with E-state index in [1.807, 2.05) is 31.2 Å². The first-order valence-corrected chi connectivity index (χ1v) is 9.41. The second kappa shape index (κ2) is 9.78. The summed E-state index contributed by atoms with van der Waals surface area (Å²) in [5.41, 5.74) is 2.30. The molecule has 0 unspecified atom stereocenters. The molecule has 0 spiro atoms. The van der Waals surface area contributed by atoms with Gasteiger partial charge in [-0.15, -0.1) is 11.8 Å². The van der Waals surface area contributed by atoms with Gasteiger partial charge in [-0.05, 0) is 31.2 Å². The maximum atomic E-state index is 12.6. The number of aliphatic carboxylic acids is 1. The number of rotatable bonds is 8. The Balaban J connectivity index is 1.98. The van der Waals surface area contributed by atoms with E-state index < -0.39 is 5.97 Å². The van der Waals surface area contributed by atoms with Crippen LogP contribution in [0.1, 0.15) is 22.3 Å². The molecule has 2 N–H and O–H groups in total. The Labute approximate surface area is 162 Å². The molecule has 0 heterocycles. The first-order chi connectivity index (χ1) is 12.9. The average Bonchev–Trinajstić information content (AvgIpc) is 2.66. The molecule has 0 aliphatic heterocycles. The van der Waals surface area contributed by atoms with Gasteiger partial charge in [-0.3, -0.25) is 14.4 Å². The number of nitrogens with zero attached hydrogens (tertiary/aromatic N) is 1. The summed E-state index contributed by atoms with van der Waals surface area (Å²) in [7, 11) is 1.57. The van der Waals surface area contributed by atoms with E-state index in [9.17, 15) is 14.4 Å². The van der Waals surface area contributed by atoms with Crippen molar-refractivity contribution in [1.82, 2.24) is 4.90 Å². The molecule has 0 aliphatic rings. The highest BCUT2D eigenvalue weighted by atomic mass is 32.2. The monoisotopic (exact) mass is 386 g/mol. The second-order valence-electron chi connectivity index (χ2n) is 6.07. The number of carboxylic acid groups (broad SMARTS) is 1. The van der Waals surface area contributed by atoms with E-state index >= 15 is 0 Å². The Morgan fingerprint density at radius 3 is 2.41 bits per heavy atom. The lowest BCUT2D eigenvalue weighted by Gasteiger charge is -2.18. The molecule has 2 amide bonds. The molecule has 0 bridgehead atoms. The van der Waals surface area contributed by atoms with Crippen molar-refractivity contribution in [3.05, 3.63) is 59.7 Å². The van der Waals surface area contributed by atoms with Crippen molar-refractivity contribution < 1.29 is 19.5 Å². The SMILES string of the molecule is Cc1ccc(NC(=O)CSc2ccccc2C(=O)N(C)CCC(=O)O)cc1. The Morgan fingerprint density at radius 1 is 1.07 bits per heavy atom. The maximum Gasteiger partial charge on any atom is 0.305 e. The lowest BCUT2D eigenvalue weighted by Crippen LogP contribution is -2.29. The van der Waals surface area contributed by atoms with Crippen molar-refractivity contribution in [3.63, 3.8) is 0 Å². The summed E-state index contributed by atoms with van der Waals surface area (Å²) in [6, 6.07) is 14.5. The minimum absolute atomic E-state index is 0.115. The molecule has 0 aliphatic carbocycles. The Bertz CT molecular complexity index is 821. The number of carbonyl (C=O) groups is 3. The molecule has 0 saturated heterocycles. The van der Waals surface area contributed by atoms with E-state index in [-0.39, 0.29) is 30.5 Å². The lowest BCUT2D eigenvalue weighted by molar-refractivity contribution is -0.137. The van der Waals surface area contributed by atoms with Gasteiger partial charge in [0.25, 0.3) is 5.91 Å². The summed E-state index contributed by atoms with van der Waals surface area (Å²) in [6.07, 6.45) is -0.115. The highest BCUT2D eigenvalue weighted by Gasteiger charge is 2.17. The van der Waals surface area contributed by atoms with Crippen molar-refractivity contribution in [3.8, 4) is 0 Å². The van der Waals surface area contributed by atoms with Crippen molar-refractivity contribution in [1.29, 1.82) is 0 Å². The van der Waals surface area contributed by atoms with Crippen LogP contribution in [0.25, 0.3) is 0 Å². The molecule has 0 saturated carbocycles. The number of carboxylic acids is 1. The fourth-order valence-electron chi connectivity index (χ4n) is 2.32. The summed E-state index contributed by atoms with van der Waals surface area (Å²) >= 11 is 1.27. The maximum absolute atomic E-state index is 12.6. The fraction of sp³-hybridized carbons (Fsp3) is 0.250. The fourth-order valence-corrected chi connectivity index (χ4v) is 3.16. The Kier molecular flexibility index (Phi) is 7.43.